The zero-order valence-electron chi connectivity index (χ0n) is 21.1. The number of hydrogen-bond acceptors (Lipinski definition) is 11. The van der Waals surface area contributed by atoms with E-state index in [1.165, 1.54) is 0 Å². The van der Waals surface area contributed by atoms with Crippen molar-refractivity contribution in [3.05, 3.63) is 30.3 Å². The lowest BCUT2D eigenvalue weighted by Gasteiger charge is -2.41. The first-order valence-electron chi connectivity index (χ1n) is 11.7. The summed E-state index contributed by atoms with van der Waals surface area (Å²) >= 11 is 0. The summed E-state index contributed by atoms with van der Waals surface area (Å²) in [6.07, 6.45) is -3.37. The molecule has 0 unspecified atom stereocenters. The highest BCUT2D eigenvalue weighted by Gasteiger charge is 2.50. The summed E-state index contributed by atoms with van der Waals surface area (Å²) in [5.74, 6) is -2.95. The van der Waals surface area contributed by atoms with E-state index in [2.05, 4.69) is 15.8 Å². The van der Waals surface area contributed by atoms with Gasteiger partial charge in [0.1, 0.15) is 12.6 Å². The van der Waals surface area contributed by atoms with E-state index in [0.717, 1.165) is 27.2 Å². The van der Waals surface area contributed by atoms with Crippen LogP contribution in [-0.4, -0.2) is 66.8 Å². The average molecular weight is 522 g/mol. The van der Waals surface area contributed by atoms with Crippen LogP contribution in [-0.2, 0) is 43.0 Å². The molecule has 0 saturated carbocycles. The van der Waals surface area contributed by atoms with Crippen molar-refractivity contribution in [2.45, 2.75) is 71.3 Å². The normalized spacial score (nSPS) is 21.7. The molecule has 2 amide bonds. The van der Waals surface area contributed by atoms with Gasteiger partial charge in [-0.1, -0.05) is 31.5 Å². The Morgan fingerprint density at radius 2 is 1.59 bits per heavy atom. The third-order valence-electron chi connectivity index (χ3n) is 4.92. The van der Waals surface area contributed by atoms with Crippen LogP contribution in [0.4, 0.5) is 10.5 Å². The maximum absolute atomic E-state index is 12.6. The van der Waals surface area contributed by atoms with Gasteiger partial charge in [-0.2, -0.15) is 0 Å². The number of hydrogen-bond donors (Lipinski definition) is 2. The molecule has 1 fully saturated rings. The van der Waals surface area contributed by atoms with Crippen molar-refractivity contribution in [3.63, 3.8) is 0 Å². The first kappa shape index (κ1) is 29.1. The molecule has 1 aliphatic heterocycles. The Kier molecular flexibility index (Phi) is 11.3. The number of ether oxygens (including phenoxy) is 4. The number of carbonyl (C=O) groups is 5. The van der Waals surface area contributed by atoms with Crippen LogP contribution in [0.25, 0.3) is 0 Å². The van der Waals surface area contributed by atoms with Gasteiger partial charge in [-0.05, 0) is 23.7 Å². The van der Waals surface area contributed by atoms with E-state index >= 15 is 0 Å². The van der Waals surface area contributed by atoms with Gasteiger partial charge in [0.2, 0.25) is 5.91 Å². The number of nitrogens with one attached hydrogen (secondary N) is 2. The first-order chi connectivity index (χ1) is 17.6. The van der Waals surface area contributed by atoms with Gasteiger partial charge in [-0.3, -0.25) is 29.3 Å². The maximum atomic E-state index is 12.6. The van der Waals surface area contributed by atoms with E-state index in [4.69, 9.17) is 23.8 Å². The van der Waals surface area contributed by atoms with Crippen molar-refractivity contribution in [2.24, 2.45) is 5.16 Å². The van der Waals surface area contributed by atoms with Crippen LogP contribution in [0, 0.1) is 0 Å². The number of unbranched alkanes of at least 4 members (excludes halogenated alkanes) is 1. The molecule has 1 heterocycles. The fraction of sp³-hybridized carbons (Fsp3) is 0.500. The predicted octanol–water partition coefficient (Wildman–Crippen LogP) is 2.05. The number of rotatable bonds is 10. The summed E-state index contributed by atoms with van der Waals surface area (Å²) < 4.78 is 21.5. The lowest BCUT2D eigenvalue weighted by molar-refractivity contribution is -0.186. The topological polar surface area (TPSA) is 168 Å². The Morgan fingerprint density at radius 1 is 0.946 bits per heavy atom. The van der Waals surface area contributed by atoms with E-state index in [-0.39, 0.29) is 12.3 Å². The third-order valence-corrected chi connectivity index (χ3v) is 4.92. The number of anilines is 1. The molecule has 0 aliphatic carbocycles. The minimum Gasteiger partial charge on any atom is -0.466 e. The van der Waals surface area contributed by atoms with Crippen LogP contribution in [0.1, 0.15) is 47.0 Å². The highest BCUT2D eigenvalue weighted by molar-refractivity contribution is 5.90. The van der Waals surface area contributed by atoms with Crippen LogP contribution >= 0.6 is 0 Å². The van der Waals surface area contributed by atoms with Crippen molar-refractivity contribution in [3.8, 4) is 0 Å². The van der Waals surface area contributed by atoms with Crippen molar-refractivity contribution in [1.82, 2.24) is 5.32 Å². The number of nitrogens with zero attached hydrogens (tertiary/aromatic N) is 1. The van der Waals surface area contributed by atoms with Gasteiger partial charge in [0.05, 0.1) is 0 Å². The first-order valence-corrected chi connectivity index (χ1v) is 11.7. The van der Waals surface area contributed by atoms with Gasteiger partial charge in [0, 0.05) is 32.9 Å². The number of oxime groups is 1. The molecule has 0 aromatic heterocycles. The highest BCUT2D eigenvalue weighted by Crippen LogP contribution is 2.25. The maximum Gasteiger partial charge on any atom is 0.437 e. The second kappa shape index (κ2) is 14.4. The third kappa shape index (κ3) is 9.78. The SMILES string of the molecule is CCCCC(=O)N[C@H]1/C(=N/OC(=O)Nc2ccccc2)O[C@H](COC(C)=O)[C@@H](OC(C)=O)[C@@H]1OC(C)=O. The Morgan fingerprint density at radius 3 is 2.19 bits per heavy atom. The van der Waals surface area contributed by atoms with Gasteiger partial charge in [0.15, 0.2) is 18.3 Å². The van der Waals surface area contributed by atoms with Crippen molar-refractivity contribution >= 4 is 41.5 Å². The number of esters is 3. The molecule has 1 saturated heterocycles. The van der Waals surface area contributed by atoms with Crippen LogP contribution in [0.5, 0.6) is 0 Å². The molecule has 1 aliphatic rings. The second-order valence-corrected chi connectivity index (χ2v) is 8.06. The molecule has 2 N–H and O–H groups in total. The predicted molar refractivity (Wildman–Crippen MR) is 128 cm³/mol. The Labute approximate surface area is 213 Å². The molecule has 2 rings (SSSR count). The fourth-order valence-corrected chi connectivity index (χ4v) is 3.38. The summed E-state index contributed by atoms with van der Waals surface area (Å²) in [6.45, 7) is 4.90. The summed E-state index contributed by atoms with van der Waals surface area (Å²) in [5, 5.41) is 8.84. The second-order valence-electron chi connectivity index (χ2n) is 8.06. The van der Waals surface area contributed by atoms with Gasteiger partial charge >= 0.3 is 24.0 Å². The van der Waals surface area contributed by atoms with Gasteiger partial charge in [-0.15, -0.1) is 0 Å². The summed E-state index contributed by atoms with van der Waals surface area (Å²) in [6, 6.07) is 7.11. The minimum atomic E-state index is -1.35. The number of para-hydroxylation sites is 1. The summed E-state index contributed by atoms with van der Waals surface area (Å²) in [4.78, 5) is 65.0. The monoisotopic (exact) mass is 521 g/mol. The van der Waals surface area contributed by atoms with Crippen molar-refractivity contribution < 1.29 is 47.8 Å². The van der Waals surface area contributed by atoms with Crippen LogP contribution in [0.3, 0.4) is 0 Å². The molecule has 0 bridgehead atoms. The molecular formula is C24H31N3O10. The molecular weight excluding hydrogens is 490 g/mol. The van der Waals surface area contributed by atoms with Crippen molar-refractivity contribution in [2.75, 3.05) is 11.9 Å². The van der Waals surface area contributed by atoms with Gasteiger partial charge in [0.25, 0.3) is 5.90 Å². The smallest absolute Gasteiger partial charge is 0.437 e. The molecule has 13 heteroatoms. The van der Waals surface area contributed by atoms with E-state index in [1.807, 2.05) is 6.92 Å². The number of amides is 2. The average Bonchev–Trinajstić information content (AvgIpc) is 2.83. The lowest BCUT2D eigenvalue weighted by atomic mass is 9.96. The molecule has 37 heavy (non-hydrogen) atoms. The van der Waals surface area contributed by atoms with Crippen molar-refractivity contribution in [1.29, 1.82) is 0 Å². The quantitative estimate of drug-likeness (QED) is 0.201. The lowest BCUT2D eigenvalue weighted by Crippen LogP contribution is -2.64. The minimum absolute atomic E-state index is 0.136. The zero-order valence-corrected chi connectivity index (χ0v) is 21.1. The standard InChI is InChI=1S/C24H31N3O10/c1-5-6-12-19(31)26-20-22(35-16(4)30)21(34-15(3)29)18(13-33-14(2)28)36-23(20)27-37-24(32)25-17-10-8-7-9-11-17/h7-11,18,20-22H,5-6,12-13H2,1-4H3,(H,25,32)(H,26,31)/b27-23-/t18-,20-,21-,22-/m1/s1. The fourth-order valence-electron chi connectivity index (χ4n) is 3.38. The molecule has 202 valence electrons. The van der Waals surface area contributed by atoms with Crippen LogP contribution in [0.15, 0.2) is 35.5 Å². The van der Waals surface area contributed by atoms with E-state index < -0.39 is 60.9 Å². The van der Waals surface area contributed by atoms with E-state index in [9.17, 15) is 24.0 Å². The van der Waals surface area contributed by atoms with E-state index in [0.29, 0.717) is 12.1 Å². The highest BCUT2D eigenvalue weighted by atomic mass is 16.7. The summed E-state index contributed by atoms with van der Waals surface area (Å²) in [7, 11) is 0. The Bertz CT molecular complexity index is 998. The Hall–Kier alpha value is -4.16. The number of benzene rings is 1. The molecule has 1 aromatic carbocycles. The van der Waals surface area contributed by atoms with Crippen LogP contribution < -0.4 is 10.6 Å². The van der Waals surface area contributed by atoms with Gasteiger partial charge in [-0.25, -0.2) is 4.79 Å². The van der Waals surface area contributed by atoms with Crippen LogP contribution in [0.2, 0.25) is 0 Å². The molecule has 13 nitrogen and oxygen atoms in total. The molecule has 0 radical (unpaired) electrons. The van der Waals surface area contributed by atoms with Gasteiger partial charge < -0.3 is 24.3 Å². The Balaban J connectivity index is 2.40. The largest absolute Gasteiger partial charge is 0.466 e. The summed E-state index contributed by atoms with van der Waals surface area (Å²) in [5.41, 5.74) is 0.433. The molecule has 4 atom stereocenters. The molecule has 0 spiro atoms. The zero-order chi connectivity index (χ0) is 27.4. The molecule has 1 aromatic rings. The van der Waals surface area contributed by atoms with E-state index in [1.54, 1.807) is 30.3 Å². The number of carbonyl (C=O) groups excluding carboxylic acids is 5.